The standard InChI is InChI=1S/C7H9N7/c1-5-8-2-6(3-9-5)4-10-7-11-13-14-12-7/h2-3H,4H2,1H3,(H2,10,11,12,13,14). The Kier molecular flexibility index (Phi) is 2.30. The Morgan fingerprint density at radius 1 is 1.36 bits per heavy atom. The Bertz CT molecular complexity index is 379. The molecule has 0 aliphatic rings. The summed E-state index contributed by atoms with van der Waals surface area (Å²) in [6.07, 6.45) is 3.52. The van der Waals surface area contributed by atoms with Crippen LogP contribution in [0, 0.1) is 6.92 Å². The van der Waals surface area contributed by atoms with Crippen LogP contribution in [-0.4, -0.2) is 30.6 Å². The molecule has 0 aliphatic carbocycles. The van der Waals surface area contributed by atoms with E-state index in [2.05, 4.69) is 35.9 Å². The maximum Gasteiger partial charge on any atom is 0.263 e. The van der Waals surface area contributed by atoms with Crippen LogP contribution in [0.5, 0.6) is 0 Å². The SMILES string of the molecule is Cc1ncc(CNc2nn[nH]n2)cn1. The molecule has 0 unspecified atom stereocenters. The molecule has 14 heavy (non-hydrogen) atoms. The molecule has 2 aromatic heterocycles. The molecule has 0 radical (unpaired) electrons. The number of anilines is 1. The molecule has 2 rings (SSSR count). The number of H-pyrrole nitrogens is 1. The third-order valence-corrected chi connectivity index (χ3v) is 1.63. The summed E-state index contributed by atoms with van der Waals surface area (Å²) in [5, 5.41) is 16.2. The Morgan fingerprint density at radius 2 is 2.14 bits per heavy atom. The van der Waals surface area contributed by atoms with Crippen LogP contribution in [0.3, 0.4) is 0 Å². The number of tetrazole rings is 1. The van der Waals surface area contributed by atoms with Crippen molar-refractivity contribution in [3.8, 4) is 0 Å². The van der Waals surface area contributed by atoms with Crippen LogP contribution in [0.1, 0.15) is 11.4 Å². The van der Waals surface area contributed by atoms with E-state index in [1.165, 1.54) is 0 Å². The van der Waals surface area contributed by atoms with E-state index < -0.39 is 0 Å². The number of aromatic nitrogens is 6. The minimum Gasteiger partial charge on any atom is -0.347 e. The van der Waals surface area contributed by atoms with Crippen LogP contribution >= 0.6 is 0 Å². The van der Waals surface area contributed by atoms with Gasteiger partial charge in [0.2, 0.25) is 0 Å². The first-order valence-corrected chi connectivity index (χ1v) is 4.09. The molecule has 7 heteroatoms. The number of aryl methyl sites for hydroxylation is 1. The first-order chi connectivity index (χ1) is 6.84. The van der Waals surface area contributed by atoms with Crippen molar-refractivity contribution in [3.05, 3.63) is 23.8 Å². The second kappa shape index (κ2) is 3.77. The Hall–Kier alpha value is -2.05. The normalized spacial score (nSPS) is 10.1. The average molecular weight is 191 g/mol. The van der Waals surface area contributed by atoms with E-state index in [-0.39, 0.29) is 0 Å². The number of rotatable bonds is 3. The average Bonchev–Trinajstić information content (AvgIpc) is 2.70. The molecule has 0 fully saturated rings. The summed E-state index contributed by atoms with van der Waals surface area (Å²) in [5.74, 6) is 1.22. The van der Waals surface area contributed by atoms with Gasteiger partial charge in [-0.15, -0.1) is 5.10 Å². The van der Waals surface area contributed by atoms with Gasteiger partial charge in [-0.05, 0) is 12.1 Å². The Labute approximate surface area is 80.0 Å². The van der Waals surface area contributed by atoms with Crippen LogP contribution in [0.4, 0.5) is 5.95 Å². The maximum absolute atomic E-state index is 4.06. The predicted octanol–water partition coefficient (Wildman–Crippen LogP) is -0.0898. The van der Waals surface area contributed by atoms with Crippen molar-refractivity contribution in [3.63, 3.8) is 0 Å². The molecule has 2 N–H and O–H groups in total. The van der Waals surface area contributed by atoms with Gasteiger partial charge in [0.1, 0.15) is 5.82 Å². The van der Waals surface area contributed by atoms with Gasteiger partial charge in [-0.3, -0.25) is 0 Å². The highest BCUT2D eigenvalue weighted by molar-refractivity contribution is 5.21. The third-order valence-electron chi connectivity index (χ3n) is 1.63. The molecular weight excluding hydrogens is 182 g/mol. The lowest BCUT2D eigenvalue weighted by molar-refractivity contribution is 0.881. The van der Waals surface area contributed by atoms with E-state index in [4.69, 9.17) is 0 Å². The van der Waals surface area contributed by atoms with Crippen LogP contribution in [0.2, 0.25) is 0 Å². The van der Waals surface area contributed by atoms with Gasteiger partial charge in [0.25, 0.3) is 5.95 Å². The highest BCUT2D eigenvalue weighted by Crippen LogP contribution is 1.99. The summed E-state index contributed by atoms with van der Waals surface area (Å²) in [7, 11) is 0. The Morgan fingerprint density at radius 3 is 2.79 bits per heavy atom. The lowest BCUT2D eigenvalue weighted by atomic mass is 10.3. The van der Waals surface area contributed by atoms with Gasteiger partial charge in [-0.1, -0.05) is 5.10 Å². The molecule has 72 valence electrons. The number of hydrogen-bond acceptors (Lipinski definition) is 6. The summed E-state index contributed by atoms with van der Waals surface area (Å²) in [5.41, 5.74) is 0.973. The molecule has 2 aromatic rings. The molecule has 0 bridgehead atoms. The van der Waals surface area contributed by atoms with Crippen LogP contribution in [0.25, 0.3) is 0 Å². The number of aromatic amines is 1. The topological polar surface area (TPSA) is 92.3 Å². The predicted molar refractivity (Wildman–Crippen MR) is 48.3 cm³/mol. The summed E-state index contributed by atoms with van der Waals surface area (Å²) in [6.45, 7) is 2.43. The molecule has 0 saturated heterocycles. The van der Waals surface area contributed by atoms with Gasteiger partial charge in [-0.2, -0.15) is 5.21 Å². The summed E-state index contributed by atoms with van der Waals surface area (Å²) < 4.78 is 0. The molecule has 0 saturated carbocycles. The molecule has 0 atom stereocenters. The summed E-state index contributed by atoms with van der Waals surface area (Å²) >= 11 is 0. The van der Waals surface area contributed by atoms with E-state index in [1.54, 1.807) is 12.4 Å². The summed E-state index contributed by atoms with van der Waals surface area (Å²) in [6, 6.07) is 0. The largest absolute Gasteiger partial charge is 0.347 e. The molecule has 0 spiro atoms. The molecule has 2 heterocycles. The number of nitrogens with one attached hydrogen (secondary N) is 2. The summed E-state index contributed by atoms with van der Waals surface area (Å²) in [4.78, 5) is 8.13. The fourth-order valence-electron chi connectivity index (χ4n) is 0.928. The van der Waals surface area contributed by atoms with Crippen molar-refractivity contribution in [2.45, 2.75) is 13.5 Å². The fraction of sp³-hybridized carbons (Fsp3) is 0.286. The zero-order valence-electron chi connectivity index (χ0n) is 7.60. The van der Waals surface area contributed by atoms with E-state index in [0.717, 1.165) is 11.4 Å². The maximum atomic E-state index is 4.06. The van der Waals surface area contributed by atoms with Crippen molar-refractivity contribution < 1.29 is 0 Å². The quantitative estimate of drug-likeness (QED) is 0.704. The van der Waals surface area contributed by atoms with Crippen molar-refractivity contribution in [2.75, 3.05) is 5.32 Å². The van der Waals surface area contributed by atoms with Gasteiger partial charge in [0.15, 0.2) is 0 Å². The molecule has 0 aromatic carbocycles. The first-order valence-electron chi connectivity index (χ1n) is 4.09. The highest BCUT2D eigenvalue weighted by Gasteiger charge is 1.97. The fourth-order valence-corrected chi connectivity index (χ4v) is 0.928. The second-order valence-electron chi connectivity index (χ2n) is 2.73. The van der Waals surface area contributed by atoms with Gasteiger partial charge >= 0.3 is 0 Å². The minimum atomic E-state index is 0.463. The lowest BCUT2D eigenvalue weighted by Gasteiger charge is -2.00. The van der Waals surface area contributed by atoms with Crippen molar-refractivity contribution >= 4 is 5.95 Å². The zero-order valence-corrected chi connectivity index (χ0v) is 7.60. The van der Waals surface area contributed by atoms with Crippen LogP contribution < -0.4 is 5.32 Å². The molecule has 7 nitrogen and oxygen atoms in total. The van der Waals surface area contributed by atoms with Gasteiger partial charge in [0.05, 0.1) is 0 Å². The molecule has 0 aliphatic heterocycles. The third kappa shape index (κ3) is 2.00. The first kappa shape index (κ1) is 8.54. The molecule has 0 amide bonds. The minimum absolute atomic E-state index is 0.463. The lowest BCUT2D eigenvalue weighted by Crippen LogP contribution is -2.02. The smallest absolute Gasteiger partial charge is 0.263 e. The van der Waals surface area contributed by atoms with E-state index in [0.29, 0.717) is 12.5 Å². The van der Waals surface area contributed by atoms with Crippen LogP contribution in [0.15, 0.2) is 12.4 Å². The van der Waals surface area contributed by atoms with E-state index in [9.17, 15) is 0 Å². The zero-order chi connectivity index (χ0) is 9.80. The van der Waals surface area contributed by atoms with Gasteiger partial charge in [0, 0.05) is 24.5 Å². The van der Waals surface area contributed by atoms with Crippen molar-refractivity contribution in [1.29, 1.82) is 0 Å². The Balaban J connectivity index is 1.95. The van der Waals surface area contributed by atoms with Crippen LogP contribution in [-0.2, 0) is 6.54 Å². The molecular formula is C7H9N7. The van der Waals surface area contributed by atoms with E-state index >= 15 is 0 Å². The van der Waals surface area contributed by atoms with Crippen molar-refractivity contribution in [1.82, 2.24) is 30.6 Å². The monoisotopic (exact) mass is 191 g/mol. The second-order valence-corrected chi connectivity index (χ2v) is 2.73. The van der Waals surface area contributed by atoms with E-state index in [1.807, 2.05) is 6.92 Å². The van der Waals surface area contributed by atoms with Gasteiger partial charge < -0.3 is 5.32 Å². The number of hydrogen-bond donors (Lipinski definition) is 2. The number of nitrogens with zero attached hydrogens (tertiary/aromatic N) is 5. The van der Waals surface area contributed by atoms with Gasteiger partial charge in [-0.25, -0.2) is 9.97 Å². The highest BCUT2D eigenvalue weighted by atomic mass is 15.5. The van der Waals surface area contributed by atoms with Crippen molar-refractivity contribution in [2.24, 2.45) is 0 Å².